The lowest BCUT2D eigenvalue weighted by atomic mass is 10.1. The number of morpholine rings is 1. The Morgan fingerprint density at radius 2 is 1.97 bits per heavy atom. The summed E-state index contributed by atoms with van der Waals surface area (Å²) in [6, 6.07) is 17.1. The molecule has 1 fully saturated rings. The van der Waals surface area contributed by atoms with Crippen LogP contribution >= 0.6 is 11.3 Å². The first-order chi connectivity index (χ1) is 16.7. The third kappa shape index (κ3) is 4.96. The zero-order chi connectivity index (χ0) is 23.3. The lowest BCUT2D eigenvalue weighted by Crippen LogP contribution is -2.39. The van der Waals surface area contributed by atoms with Gasteiger partial charge < -0.3 is 14.0 Å². The van der Waals surface area contributed by atoms with Crippen LogP contribution in [0.15, 0.2) is 59.1 Å². The summed E-state index contributed by atoms with van der Waals surface area (Å²) in [5, 5.41) is 4.72. The number of amides is 1. The Morgan fingerprint density at radius 1 is 1.15 bits per heavy atom. The number of carbonyl (C=O) groups excluding carboxylic acids is 1. The number of benzene rings is 2. The molecule has 1 aliphatic heterocycles. The molecule has 2 aromatic heterocycles. The quantitative estimate of drug-likeness (QED) is 0.373. The zero-order valence-corrected chi connectivity index (χ0v) is 19.8. The minimum Gasteiger partial charge on any atom is -0.497 e. The molecule has 0 saturated carbocycles. The molecular formula is C25H26N4O4S. The van der Waals surface area contributed by atoms with Crippen LogP contribution in [0.5, 0.6) is 5.75 Å². The zero-order valence-electron chi connectivity index (χ0n) is 19.0. The molecule has 0 aliphatic carbocycles. The van der Waals surface area contributed by atoms with Gasteiger partial charge in [0.1, 0.15) is 5.75 Å². The number of hydrogen-bond acceptors (Lipinski definition) is 8. The highest BCUT2D eigenvalue weighted by atomic mass is 32.1. The van der Waals surface area contributed by atoms with Gasteiger partial charge in [-0.2, -0.15) is 0 Å². The highest BCUT2D eigenvalue weighted by Gasteiger charge is 2.25. The van der Waals surface area contributed by atoms with Crippen LogP contribution in [-0.2, 0) is 4.74 Å². The second kappa shape index (κ2) is 10.3. The van der Waals surface area contributed by atoms with Crippen LogP contribution in [-0.4, -0.2) is 67.5 Å². The molecule has 0 spiro atoms. The third-order valence-electron chi connectivity index (χ3n) is 5.81. The van der Waals surface area contributed by atoms with Crippen LogP contribution in [0, 0.1) is 0 Å². The molecule has 0 radical (unpaired) electrons. The van der Waals surface area contributed by atoms with Gasteiger partial charge in [0.2, 0.25) is 0 Å². The second-order valence-electron chi connectivity index (χ2n) is 8.04. The Morgan fingerprint density at radius 3 is 2.76 bits per heavy atom. The summed E-state index contributed by atoms with van der Waals surface area (Å²) in [5.41, 5.74) is 1.97. The van der Waals surface area contributed by atoms with Crippen molar-refractivity contribution in [2.24, 2.45) is 0 Å². The van der Waals surface area contributed by atoms with Gasteiger partial charge in [-0.05, 0) is 24.6 Å². The average Bonchev–Trinajstić information content (AvgIpc) is 3.54. The fraction of sp³-hybridized carbons (Fsp3) is 0.320. The molecule has 0 bridgehead atoms. The standard InChI is InChI=1S/C25H26N4O4S/c1-31-19-8-9-20-23(16-19)34-25(26-20)29(11-5-10-28-12-14-32-15-13-28)24(30)21-17-22(33-27-21)18-6-3-2-4-7-18/h2-4,6-9,16-17H,5,10-15H2,1H3. The average molecular weight is 479 g/mol. The van der Waals surface area contributed by atoms with E-state index in [0.717, 1.165) is 60.8 Å². The molecule has 8 nitrogen and oxygen atoms in total. The Bertz CT molecular complexity index is 1250. The number of hydrogen-bond donors (Lipinski definition) is 0. The number of ether oxygens (including phenoxy) is 2. The number of thiazole rings is 1. The normalized spacial score (nSPS) is 14.4. The smallest absolute Gasteiger partial charge is 0.282 e. The molecule has 0 N–H and O–H groups in total. The largest absolute Gasteiger partial charge is 0.497 e. The molecule has 1 aliphatic rings. The van der Waals surface area contributed by atoms with Crippen molar-refractivity contribution in [3.63, 3.8) is 0 Å². The number of methoxy groups -OCH3 is 1. The molecule has 0 unspecified atom stereocenters. The fourth-order valence-corrected chi connectivity index (χ4v) is 4.97. The maximum atomic E-state index is 13.6. The SMILES string of the molecule is COc1ccc2nc(N(CCCN3CCOCC3)C(=O)c3cc(-c4ccccc4)on3)sc2c1. The molecule has 4 aromatic rings. The van der Waals surface area contributed by atoms with E-state index in [2.05, 4.69) is 10.1 Å². The Hall–Kier alpha value is -3.27. The predicted octanol–water partition coefficient (Wildman–Crippen LogP) is 4.33. The predicted molar refractivity (Wildman–Crippen MR) is 132 cm³/mol. The minimum absolute atomic E-state index is 0.223. The van der Waals surface area contributed by atoms with Gasteiger partial charge in [0, 0.05) is 37.8 Å². The summed E-state index contributed by atoms with van der Waals surface area (Å²) in [4.78, 5) is 22.4. The van der Waals surface area contributed by atoms with E-state index < -0.39 is 0 Å². The summed E-state index contributed by atoms with van der Waals surface area (Å²) >= 11 is 1.47. The van der Waals surface area contributed by atoms with E-state index in [1.807, 2.05) is 48.5 Å². The van der Waals surface area contributed by atoms with Gasteiger partial charge in [-0.15, -0.1) is 0 Å². The summed E-state index contributed by atoms with van der Waals surface area (Å²) < 4.78 is 17.2. The topological polar surface area (TPSA) is 80.9 Å². The van der Waals surface area contributed by atoms with E-state index in [-0.39, 0.29) is 11.6 Å². The molecule has 1 amide bonds. The van der Waals surface area contributed by atoms with E-state index in [9.17, 15) is 4.79 Å². The number of fused-ring (bicyclic) bond motifs is 1. The summed E-state index contributed by atoms with van der Waals surface area (Å²) in [6.45, 7) is 4.75. The molecule has 176 valence electrons. The molecule has 1 saturated heterocycles. The maximum Gasteiger partial charge on any atom is 0.282 e. The molecule has 3 heterocycles. The van der Waals surface area contributed by atoms with E-state index in [0.29, 0.717) is 17.4 Å². The number of aromatic nitrogens is 2. The molecule has 2 aromatic carbocycles. The maximum absolute atomic E-state index is 13.6. The first kappa shape index (κ1) is 22.5. The van der Waals surface area contributed by atoms with Gasteiger partial charge in [-0.1, -0.05) is 46.8 Å². The van der Waals surface area contributed by atoms with Crippen LogP contribution in [0.2, 0.25) is 0 Å². The van der Waals surface area contributed by atoms with Crippen LogP contribution in [0.1, 0.15) is 16.9 Å². The van der Waals surface area contributed by atoms with Crippen molar-refractivity contribution in [1.82, 2.24) is 15.0 Å². The first-order valence-electron chi connectivity index (χ1n) is 11.3. The summed E-state index contributed by atoms with van der Waals surface area (Å²) in [5.74, 6) is 1.10. The van der Waals surface area contributed by atoms with Crippen molar-refractivity contribution in [2.45, 2.75) is 6.42 Å². The summed E-state index contributed by atoms with van der Waals surface area (Å²) in [6.07, 6.45) is 0.814. The molecule has 5 rings (SSSR count). The number of carbonyl (C=O) groups is 1. The lowest BCUT2D eigenvalue weighted by Gasteiger charge is -2.27. The molecular weight excluding hydrogens is 452 g/mol. The van der Waals surface area contributed by atoms with Crippen molar-refractivity contribution in [3.8, 4) is 17.1 Å². The van der Waals surface area contributed by atoms with Gasteiger partial charge in [0.15, 0.2) is 16.6 Å². The van der Waals surface area contributed by atoms with Gasteiger partial charge in [0.25, 0.3) is 5.91 Å². The highest BCUT2D eigenvalue weighted by molar-refractivity contribution is 7.22. The Labute approximate surface area is 201 Å². The van der Waals surface area contributed by atoms with Crippen LogP contribution < -0.4 is 9.64 Å². The molecule has 9 heteroatoms. The minimum atomic E-state index is -0.223. The monoisotopic (exact) mass is 478 g/mol. The van der Waals surface area contributed by atoms with Gasteiger partial charge >= 0.3 is 0 Å². The highest BCUT2D eigenvalue weighted by Crippen LogP contribution is 2.32. The van der Waals surface area contributed by atoms with Crippen molar-refractivity contribution in [3.05, 3.63) is 60.3 Å². The molecule has 34 heavy (non-hydrogen) atoms. The first-order valence-corrected chi connectivity index (χ1v) is 12.1. The van der Waals surface area contributed by atoms with Gasteiger partial charge in [0.05, 0.1) is 30.5 Å². The number of rotatable bonds is 8. The third-order valence-corrected chi connectivity index (χ3v) is 6.85. The van der Waals surface area contributed by atoms with Gasteiger partial charge in [-0.3, -0.25) is 14.6 Å². The molecule has 0 atom stereocenters. The van der Waals surface area contributed by atoms with E-state index in [1.165, 1.54) is 11.3 Å². The van der Waals surface area contributed by atoms with Crippen LogP contribution in [0.25, 0.3) is 21.5 Å². The van der Waals surface area contributed by atoms with Crippen molar-refractivity contribution >= 4 is 32.6 Å². The summed E-state index contributed by atoms with van der Waals surface area (Å²) in [7, 11) is 1.64. The van der Waals surface area contributed by atoms with Crippen molar-refractivity contribution in [2.75, 3.05) is 51.4 Å². The number of anilines is 1. The lowest BCUT2D eigenvalue weighted by molar-refractivity contribution is 0.0376. The van der Waals surface area contributed by atoms with Crippen LogP contribution in [0.4, 0.5) is 5.13 Å². The van der Waals surface area contributed by atoms with Crippen molar-refractivity contribution in [1.29, 1.82) is 0 Å². The van der Waals surface area contributed by atoms with Crippen LogP contribution in [0.3, 0.4) is 0 Å². The van der Waals surface area contributed by atoms with E-state index in [4.69, 9.17) is 19.0 Å². The Balaban J connectivity index is 1.40. The second-order valence-corrected chi connectivity index (χ2v) is 9.05. The van der Waals surface area contributed by atoms with Crippen molar-refractivity contribution < 1.29 is 18.8 Å². The number of nitrogens with zero attached hydrogens (tertiary/aromatic N) is 4. The fourth-order valence-electron chi connectivity index (χ4n) is 3.95. The van der Waals surface area contributed by atoms with E-state index in [1.54, 1.807) is 18.1 Å². The van der Waals surface area contributed by atoms with Gasteiger partial charge in [-0.25, -0.2) is 4.98 Å². The van der Waals surface area contributed by atoms with E-state index >= 15 is 0 Å². The Kier molecular flexibility index (Phi) is 6.84.